The minimum atomic E-state index is -0.692. The van der Waals surface area contributed by atoms with Crippen molar-refractivity contribution in [3.63, 3.8) is 0 Å². The summed E-state index contributed by atoms with van der Waals surface area (Å²) in [5.74, 6) is 3.80. The fourth-order valence-corrected chi connectivity index (χ4v) is 9.94. The van der Waals surface area contributed by atoms with Crippen LogP contribution in [0.15, 0.2) is 12.4 Å². The van der Waals surface area contributed by atoms with E-state index < -0.39 is 11.2 Å². The average molecular weight is 454 g/mol. The normalized spacial score (nSPS) is 51.0. The number of fused-ring (bicyclic) bond motifs is 7. The van der Waals surface area contributed by atoms with E-state index in [1.165, 1.54) is 19.3 Å². The monoisotopic (exact) mass is 453 g/mol. The third kappa shape index (κ3) is 2.85. The lowest BCUT2D eigenvalue weighted by atomic mass is 9.48. The average Bonchev–Trinajstić information content (AvgIpc) is 3.05. The highest BCUT2D eigenvalue weighted by atomic mass is 16.5. The summed E-state index contributed by atoms with van der Waals surface area (Å²) in [7, 11) is 1.76. The first kappa shape index (κ1) is 22.1. The van der Waals surface area contributed by atoms with Gasteiger partial charge in [0.2, 0.25) is 0 Å². The first-order chi connectivity index (χ1) is 15.8. The zero-order chi connectivity index (χ0) is 23.2. The van der Waals surface area contributed by atoms with Crippen LogP contribution in [0.3, 0.4) is 0 Å². The lowest BCUT2D eigenvalue weighted by Gasteiger charge is -2.58. The summed E-state index contributed by atoms with van der Waals surface area (Å²) in [6, 6.07) is 2.15. The van der Waals surface area contributed by atoms with E-state index in [1.54, 1.807) is 19.5 Å². The summed E-state index contributed by atoms with van der Waals surface area (Å²) in [6.07, 6.45) is 12.2. The largest absolute Gasteiger partial charge is 0.389 e. The van der Waals surface area contributed by atoms with Gasteiger partial charge in [-0.2, -0.15) is 10.4 Å². The molecule has 0 saturated heterocycles. The van der Waals surface area contributed by atoms with Crippen molar-refractivity contribution < 1.29 is 14.9 Å². The first-order valence-electron chi connectivity index (χ1n) is 13.2. The van der Waals surface area contributed by atoms with Crippen molar-refractivity contribution in [3.8, 4) is 6.07 Å². The third-order valence-corrected chi connectivity index (χ3v) is 11.6. The standard InChI is InChI=1S/C27H39N3O3/c1-16(14-30-15-17(12-28)13-29-30)27(32)11-8-22-20-4-5-21-19(18(20)6-9-25(22,27)2)7-10-26(31)23(21)24(26)33-3/h13,15-16,18-24,31-32H,4-11,14H2,1-3H3/t16-,18-,19-,20-,21+,22+,23?,24?,25+,26-,27+/m1/s1. The van der Waals surface area contributed by atoms with Crippen LogP contribution in [0.2, 0.25) is 0 Å². The van der Waals surface area contributed by atoms with Gasteiger partial charge in [-0.15, -0.1) is 0 Å². The fraction of sp³-hybridized carbons (Fsp3) is 0.852. The van der Waals surface area contributed by atoms with Gasteiger partial charge in [-0.05, 0) is 86.4 Å². The van der Waals surface area contributed by atoms with Crippen molar-refractivity contribution in [2.75, 3.05) is 7.11 Å². The van der Waals surface area contributed by atoms with Gasteiger partial charge in [0.15, 0.2) is 0 Å². The zero-order valence-corrected chi connectivity index (χ0v) is 20.3. The van der Waals surface area contributed by atoms with Gasteiger partial charge in [0.1, 0.15) is 6.07 Å². The van der Waals surface area contributed by atoms with E-state index in [4.69, 9.17) is 10.00 Å². The molecule has 6 nitrogen and oxygen atoms in total. The zero-order valence-electron chi connectivity index (χ0n) is 20.3. The van der Waals surface area contributed by atoms with Crippen molar-refractivity contribution in [2.24, 2.45) is 46.8 Å². The van der Waals surface area contributed by atoms with Crippen LogP contribution in [0.4, 0.5) is 0 Å². The SMILES string of the molecule is COC1C2[C@H]3CC[C@@H]4[C@H](CC[C@@]5(C)[C@H]4CC[C@]5(O)[C@H](C)Cn4cc(C#N)cn4)[C@H]3CC[C@]12O. The van der Waals surface area contributed by atoms with Crippen LogP contribution in [0.1, 0.15) is 70.8 Å². The first-order valence-corrected chi connectivity index (χ1v) is 13.2. The number of hydrogen-bond acceptors (Lipinski definition) is 5. The minimum absolute atomic E-state index is 0.0548. The minimum Gasteiger partial charge on any atom is -0.389 e. The quantitative estimate of drug-likeness (QED) is 0.724. The smallest absolute Gasteiger partial charge is 0.102 e. The number of ether oxygens (including phenoxy) is 1. The van der Waals surface area contributed by atoms with Gasteiger partial charge in [0, 0.05) is 31.7 Å². The van der Waals surface area contributed by atoms with Gasteiger partial charge in [0.05, 0.1) is 29.1 Å². The third-order valence-electron chi connectivity index (χ3n) is 11.6. The molecule has 2 N–H and O–H groups in total. The van der Waals surface area contributed by atoms with Crippen LogP contribution in [-0.4, -0.2) is 44.4 Å². The van der Waals surface area contributed by atoms with Crippen LogP contribution in [0.25, 0.3) is 0 Å². The Kier molecular flexibility index (Phi) is 4.88. The molecule has 0 amide bonds. The van der Waals surface area contributed by atoms with E-state index in [0.717, 1.165) is 43.9 Å². The lowest BCUT2D eigenvalue weighted by molar-refractivity contribution is -0.158. The van der Waals surface area contributed by atoms with Crippen molar-refractivity contribution in [1.29, 1.82) is 5.26 Å². The number of hydrogen-bond donors (Lipinski definition) is 2. The Morgan fingerprint density at radius 1 is 1.12 bits per heavy atom. The molecular formula is C27H39N3O3. The Balaban J connectivity index is 1.21. The van der Waals surface area contributed by atoms with Crippen LogP contribution in [0, 0.1) is 58.2 Å². The van der Waals surface area contributed by atoms with E-state index in [2.05, 4.69) is 25.0 Å². The van der Waals surface area contributed by atoms with Gasteiger partial charge in [-0.1, -0.05) is 13.8 Å². The maximum absolute atomic E-state index is 12.2. The molecule has 11 atom stereocenters. The Morgan fingerprint density at radius 2 is 1.85 bits per heavy atom. The molecule has 2 unspecified atom stereocenters. The maximum Gasteiger partial charge on any atom is 0.102 e. The van der Waals surface area contributed by atoms with Crippen molar-refractivity contribution >= 4 is 0 Å². The molecule has 0 aliphatic heterocycles. The molecular weight excluding hydrogens is 414 g/mol. The second-order valence-electron chi connectivity index (χ2n) is 12.4. The van der Waals surface area contributed by atoms with E-state index in [9.17, 15) is 10.2 Å². The van der Waals surface area contributed by atoms with E-state index >= 15 is 0 Å². The fourth-order valence-electron chi connectivity index (χ4n) is 9.94. The molecule has 5 aliphatic rings. The molecule has 0 spiro atoms. The summed E-state index contributed by atoms with van der Waals surface area (Å²) in [5, 5.41) is 36.6. The Morgan fingerprint density at radius 3 is 2.58 bits per heavy atom. The number of nitriles is 1. The van der Waals surface area contributed by atoms with E-state index in [0.29, 0.717) is 35.8 Å². The topological polar surface area (TPSA) is 91.3 Å². The molecule has 0 aromatic carbocycles. The highest BCUT2D eigenvalue weighted by Crippen LogP contribution is 2.70. The molecule has 180 valence electrons. The van der Waals surface area contributed by atoms with Crippen LogP contribution in [-0.2, 0) is 11.3 Å². The maximum atomic E-state index is 12.2. The second-order valence-corrected chi connectivity index (χ2v) is 12.4. The molecule has 1 heterocycles. The van der Waals surface area contributed by atoms with Gasteiger partial charge < -0.3 is 14.9 Å². The summed E-state index contributed by atoms with van der Waals surface area (Å²) in [5.41, 5.74) is -0.724. The van der Waals surface area contributed by atoms with Crippen LogP contribution >= 0.6 is 0 Å². The molecule has 1 aromatic heterocycles. The molecule has 1 aromatic rings. The Labute approximate surface area is 197 Å². The molecule has 5 aliphatic carbocycles. The van der Waals surface area contributed by atoms with E-state index in [1.807, 2.05) is 4.68 Å². The summed E-state index contributed by atoms with van der Waals surface area (Å²) in [4.78, 5) is 0. The second kappa shape index (κ2) is 7.29. The molecule has 33 heavy (non-hydrogen) atoms. The van der Waals surface area contributed by atoms with Gasteiger partial charge >= 0.3 is 0 Å². The highest BCUT2D eigenvalue weighted by molar-refractivity contribution is 5.23. The van der Waals surface area contributed by atoms with Crippen molar-refractivity contribution in [1.82, 2.24) is 9.78 Å². The van der Waals surface area contributed by atoms with Crippen molar-refractivity contribution in [3.05, 3.63) is 18.0 Å². The summed E-state index contributed by atoms with van der Waals surface area (Å²) < 4.78 is 7.52. The van der Waals surface area contributed by atoms with E-state index in [-0.39, 0.29) is 17.4 Å². The van der Waals surface area contributed by atoms with Crippen LogP contribution < -0.4 is 0 Å². The number of methoxy groups -OCH3 is 1. The van der Waals surface area contributed by atoms with Gasteiger partial charge in [-0.3, -0.25) is 4.68 Å². The van der Waals surface area contributed by atoms with Gasteiger partial charge in [0.25, 0.3) is 0 Å². The predicted molar refractivity (Wildman–Crippen MR) is 123 cm³/mol. The Bertz CT molecular complexity index is 972. The molecule has 6 heteroatoms. The van der Waals surface area contributed by atoms with Gasteiger partial charge in [-0.25, -0.2) is 0 Å². The van der Waals surface area contributed by atoms with Crippen molar-refractivity contribution in [2.45, 2.75) is 89.1 Å². The number of aromatic nitrogens is 2. The molecule has 6 rings (SSSR count). The predicted octanol–water partition coefficient (Wildman–Crippen LogP) is 3.76. The van der Waals surface area contributed by atoms with Crippen LogP contribution in [0.5, 0.6) is 0 Å². The molecule has 5 fully saturated rings. The lowest BCUT2D eigenvalue weighted by Crippen LogP contribution is -2.56. The number of aliphatic hydroxyl groups is 2. The summed E-state index contributed by atoms with van der Waals surface area (Å²) >= 11 is 0. The number of nitrogens with zero attached hydrogens (tertiary/aromatic N) is 3. The highest BCUT2D eigenvalue weighted by Gasteiger charge is 2.72. The molecule has 0 bridgehead atoms. The molecule has 5 saturated carbocycles. The molecule has 0 radical (unpaired) electrons. The Hall–Kier alpha value is -1.42. The number of rotatable bonds is 4. The summed E-state index contributed by atoms with van der Waals surface area (Å²) in [6.45, 7) is 5.19.